The topological polar surface area (TPSA) is 55.1 Å². The molecule has 0 radical (unpaired) electrons. The maximum absolute atomic E-state index is 13.2. The van der Waals surface area contributed by atoms with E-state index in [0.29, 0.717) is 5.56 Å². The predicted molar refractivity (Wildman–Crippen MR) is 74.7 cm³/mol. The number of hydrogen-bond acceptors (Lipinski definition) is 2. The van der Waals surface area contributed by atoms with E-state index in [9.17, 15) is 9.18 Å². The summed E-state index contributed by atoms with van der Waals surface area (Å²) in [4.78, 5) is 12.2. The highest BCUT2D eigenvalue weighted by Crippen LogP contribution is 2.30. The van der Waals surface area contributed by atoms with Crippen LogP contribution < -0.4 is 11.1 Å². The second-order valence-electron chi connectivity index (χ2n) is 5.03. The first kappa shape index (κ1) is 12.8. The average Bonchev–Trinajstić information content (AvgIpc) is 2.75. The van der Waals surface area contributed by atoms with Crippen molar-refractivity contribution >= 4 is 5.91 Å². The molecule has 0 heterocycles. The minimum atomic E-state index is -0.422. The van der Waals surface area contributed by atoms with Crippen molar-refractivity contribution < 1.29 is 9.18 Å². The Morgan fingerprint density at radius 1 is 1.20 bits per heavy atom. The van der Waals surface area contributed by atoms with Crippen LogP contribution in [0.2, 0.25) is 0 Å². The van der Waals surface area contributed by atoms with Crippen LogP contribution in [0.1, 0.15) is 27.5 Å². The van der Waals surface area contributed by atoms with Gasteiger partial charge in [-0.2, -0.15) is 0 Å². The molecule has 102 valence electrons. The molecule has 20 heavy (non-hydrogen) atoms. The number of carbonyl (C=O) groups is 1. The van der Waals surface area contributed by atoms with Crippen LogP contribution in [0.4, 0.5) is 4.39 Å². The molecule has 2 unspecified atom stereocenters. The number of amides is 1. The number of hydrogen-bond donors (Lipinski definition) is 2. The molecule has 1 aliphatic carbocycles. The smallest absolute Gasteiger partial charge is 0.251 e. The first-order valence-electron chi connectivity index (χ1n) is 6.55. The minimum Gasteiger partial charge on any atom is -0.344 e. The molecule has 0 fully saturated rings. The zero-order valence-electron chi connectivity index (χ0n) is 10.8. The van der Waals surface area contributed by atoms with E-state index in [2.05, 4.69) is 5.32 Å². The fourth-order valence-electron chi connectivity index (χ4n) is 2.66. The van der Waals surface area contributed by atoms with Gasteiger partial charge in [-0.15, -0.1) is 0 Å². The fourth-order valence-corrected chi connectivity index (χ4v) is 2.66. The second kappa shape index (κ2) is 5.06. The molecule has 0 aliphatic heterocycles. The number of benzene rings is 2. The van der Waals surface area contributed by atoms with Gasteiger partial charge in [-0.1, -0.05) is 30.3 Å². The molecule has 3 nitrogen and oxygen atoms in total. The zero-order chi connectivity index (χ0) is 14.1. The highest BCUT2D eigenvalue weighted by molar-refractivity contribution is 5.94. The predicted octanol–water partition coefficient (Wildman–Crippen LogP) is 2.18. The van der Waals surface area contributed by atoms with Crippen LogP contribution in [0.5, 0.6) is 0 Å². The van der Waals surface area contributed by atoms with E-state index < -0.39 is 5.82 Å². The lowest BCUT2D eigenvalue weighted by Crippen LogP contribution is -2.38. The lowest BCUT2D eigenvalue weighted by atomic mass is 10.1. The first-order valence-corrected chi connectivity index (χ1v) is 6.55. The monoisotopic (exact) mass is 270 g/mol. The standard InChI is InChI=1S/C16H15FN2O/c17-12-6-3-5-11(8-12)16(20)19-15-13-7-2-1-4-10(13)9-14(15)18/h1-8,14-15H,9,18H2,(H,19,20). The van der Waals surface area contributed by atoms with Gasteiger partial charge >= 0.3 is 0 Å². The Balaban J connectivity index is 1.83. The van der Waals surface area contributed by atoms with Gasteiger partial charge in [-0.05, 0) is 35.7 Å². The summed E-state index contributed by atoms with van der Waals surface area (Å²) in [5.41, 5.74) is 8.61. The number of halogens is 1. The Bertz CT molecular complexity index is 656. The van der Waals surface area contributed by atoms with E-state index in [-0.39, 0.29) is 18.0 Å². The second-order valence-corrected chi connectivity index (χ2v) is 5.03. The van der Waals surface area contributed by atoms with Crippen molar-refractivity contribution in [2.45, 2.75) is 18.5 Å². The Morgan fingerprint density at radius 3 is 2.80 bits per heavy atom. The van der Waals surface area contributed by atoms with Crippen molar-refractivity contribution in [2.75, 3.05) is 0 Å². The maximum atomic E-state index is 13.2. The van der Waals surface area contributed by atoms with Gasteiger partial charge in [-0.3, -0.25) is 4.79 Å². The summed E-state index contributed by atoms with van der Waals surface area (Å²) < 4.78 is 13.2. The quantitative estimate of drug-likeness (QED) is 0.878. The van der Waals surface area contributed by atoms with Gasteiger partial charge in [0.1, 0.15) is 5.82 Å². The van der Waals surface area contributed by atoms with Crippen LogP contribution in [-0.4, -0.2) is 11.9 Å². The van der Waals surface area contributed by atoms with E-state index in [1.807, 2.05) is 24.3 Å². The Morgan fingerprint density at radius 2 is 2.00 bits per heavy atom. The van der Waals surface area contributed by atoms with Gasteiger partial charge < -0.3 is 11.1 Å². The van der Waals surface area contributed by atoms with E-state index >= 15 is 0 Å². The van der Waals surface area contributed by atoms with Crippen molar-refractivity contribution in [2.24, 2.45) is 5.73 Å². The summed E-state index contributed by atoms with van der Waals surface area (Å²) in [5.74, 6) is -0.726. The van der Waals surface area contributed by atoms with Crippen molar-refractivity contribution in [1.29, 1.82) is 0 Å². The molecule has 4 heteroatoms. The summed E-state index contributed by atoms with van der Waals surface area (Å²) in [7, 11) is 0. The largest absolute Gasteiger partial charge is 0.344 e. The molecular weight excluding hydrogens is 255 g/mol. The summed E-state index contributed by atoms with van der Waals surface area (Å²) in [6.45, 7) is 0. The van der Waals surface area contributed by atoms with Crippen LogP contribution in [-0.2, 0) is 6.42 Å². The van der Waals surface area contributed by atoms with Crippen LogP contribution in [0.3, 0.4) is 0 Å². The summed E-state index contributed by atoms with van der Waals surface area (Å²) >= 11 is 0. The molecule has 2 aromatic carbocycles. The molecule has 0 bridgehead atoms. The SMILES string of the molecule is NC1Cc2ccccc2C1NC(=O)c1cccc(F)c1. The zero-order valence-corrected chi connectivity index (χ0v) is 10.8. The van der Waals surface area contributed by atoms with E-state index in [4.69, 9.17) is 5.73 Å². The highest BCUT2D eigenvalue weighted by atomic mass is 19.1. The third kappa shape index (κ3) is 2.30. The molecule has 0 saturated heterocycles. The summed E-state index contributed by atoms with van der Waals surface area (Å²) in [6.07, 6.45) is 0.740. The third-order valence-electron chi connectivity index (χ3n) is 3.65. The van der Waals surface area contributed by atoms with Crippen LogP contribution in [0, 0.1) is 5.82 Å². The number of nitrogens with one attached hydrogen (secondary N) is 1. The van der Waals surface area contributed by atoms with Gasteiger partial charge in [0, 0.05) is 11.6 Å². The molecule has 0 aromatic heterocycles. The van der Waals surface area contributed by atoms with E-state index in [1.165, 1.54) is 18.2 Å². The molecule has 0 spiro atoms. The summed E-state index contributed by atoms with van der Waals surface area (Å²) in [6, 6.07) is 13.2. The molecule has 3 rings (SSSR count). The Labute approximate surface area is 116 Å². The van der Waals surface area contributed by atoms with Crippen molar-refractivity contribution in [1.82, 2.24) is 5.32 Å². The molecule has 1 amide bonds. The van der Waals surface area contributed by atoms with Gasteiger partial charge in [-0.25, -0.2) is 4.39 Å². The van der Waals surface area contributed by atoms with Gasteiger partial charge in [0.05, 0.1) is 6.04 Å². The number of rotatable bonds is 2. The lowest BCUT2D eigenvalue weighted by Gasteiger charge is -2.18. The highest BCUT2D eigenvalue weighted by Gasteiger charge is 2.30. The summed E-state index contributed by atoms with van der Waals surface area (Å²) in [5, 5.41) is 2.90. The Hall–Kier alpha value is -2.20. The number of carbonyl (C=O) groups excluding carboxylic acids is 1. The molecule has 3 N–H and O–H groups in total. The van der Waals surface area contributed by atoms with Crippen LogP contribution in [0.15, 0.2) is 48.5 Å². The number of fused-ring (bicyclic) bond motifs is 1. The van der Waals surface area contributed by atoms with Crippen LogP contribution in [0.25, 0.3) is 0 Å². The molecule has 1 aliphatic rings. The van der Waals surface area contributed by atoms with Crippen molar-refractivity contribution in [3.05, 3.63) is 71.0 Å². The fraction of sp³-hybridized carbons (Fsp3) is 0.188. The van der Waals surface area contributed by atoms with Crippen molar-refractivity contribution in [3.8, 4) is 0 Å². The molecular formula is C16H15FN2O. The molecule has 2 atom stereocenters. The van der Waals surface area contributed by atoms with Gasteiger partial charge in [0.15, 0.2) is 0 Å². The van der Waals surface area contributed by atoms with Crippen LogP contribution >= 0.6 is 0 Å². The molecule has 0 saturated carbocycles. The first-order chi connectivity index (χ1) is 9.65. The minimum absolute atomic E-state index is 0.148. The van der Waals surface area contributed by atoms with Crippen molar-refractivity contribution in [3.63, 3.8) is 0 Å². The van der Waals surface area contributed by atoms with E-state index in [0.717, 1.165) is 17.5 Å². The third-order valence-corrected chi connectivity index (χ3v) is 3.65. The van der Waals surface area contributed by atoms with Gasteiger partial charge in [0.25, 0.3) is 5.91 Å². The average molecular weight is 270 g/mol. The normalized spacial score (nSPS) is 20.5. The Kier molecular flexibility index (Phi) is 3.24. The molecule has 2 aromatic rings. The maximum Gasteiger partial charge on any atom is 0.251 e. The van der Waals surface area contributed by atoms with Gasteiger partial charge in [0.2, 0.25) is 0 Å². The van der Waals surface area contributed by atoms with E-state index in [1.54, 1.807) is 6.07 Å². The number of nitrogens with two attached hydrogens (primary N) is 1. The lowest BCUT2D eigenvalue weighted by molar-refractivity contribution is 0.0932.